The molecular formula is C29H35N5O3S. The fourth-order valence-electron chi connectivity index (χ4n) is 5.27. The molecule has 2 aliphatic heterocycles. The van der Waals surface area contributed by atoms with Crippen LogP contribution in [-0.2, 0) is 11.3 Å². The van der Waals surface area contributed by atoms with Gasteiger partial charge in [0.15, 0.2) is 0 Å². The Bertz CT molecular complexity index is 1250. The maximum atomic E-state index is 13.1. The van der Waals surface area contributed by atoms with Crippen molar-refractivity contribution in [3.63, 3.8) is 0 Å². The molecule has 3 N–H and O–H groups in total. The Morgan fingerprint density at radius 2 is 1.79 bits per heavy atom. The van der Waals surface area contributed by atoms with Crippen LogP contribution in [-0.4, -0.2) is 64.4 Å². The van der Waals surface area contributed by atoms with Gasteiger partial charge in [0.05, 0.1) is 5.04 Å². The molecule has 2 aromatic rings. The van der Waals surface area contributed by atoms with E-state index in [-0.39, 0.29) is 23.8 Å². The lowest BCUT2D eigenvalue weighted by atomic mass is 10.1. The molecule has 9 heteroatoms. The molecule has 0 aromatic heterocycles. The van der Waals surface area contributed by atoms with Gasteiger partial charge in [0.1, 0.15) is 16.5 Å². The van der Waals surface area contributed by atoms with E-state index in [1.54, 1.807) is 30.3 Å². The van der Waals surface area contributed by atoms with Gasteiger partial charge in [-0.25, -0.2) is 0 Å². The predicted molar refractivity (Wildman–Crippen MR) is 150 cm³/mol. The van der Waals surface area contributed by atoms with Crippen molar-refractivity contribution in [3.05, 3.63) is 59.2 Å². The van der Waals surface area contributed by atoms with Gasteiger partial charge in [-0.3, -0.25) is 20.4 Å². The number of carbonyl (C=O) groups is 2. The summed E-state index contributed by atoms with van der Waals surface area (Å²) in [4.78, 5) is 29.5. The van der Waals surface area contributed by atoms with Crippen LogP contribution >= 0.6 is 11.8 Å². The number of ether oxygens (including phenoxy) is 1. The summed E-state index contributed by atoms with van der Waals surface area (Å²) in [6.45, 7) is 7.09. The van der Waals surface area contributed by atoms with Gasteiger partial charge in [0, 0.05) is 61.2 Å². The summed E-state index contributed by atoms with van der Waals surface area (Å²) >= 11 is 1.15. The quantitative estimate of drug-likeness (QED) is 0.340. The first kappa shape index (κ1) is 26.4. The summed E-state index contributed by atoms with van der Waals surface area (Å²) in [5.41, 5.74) is 2.10. The molecule has 2 unspecified atom stereocenters. The van der Waals surface area contributed by atoms with Crippen molar-refractivity contribution in [1.29, 1.82) is 10.8 Å². The maximum Gasteiger partial charge on any atom is 0.251 e. The molecular weight excluding hydrogens is 498 g/mol. The van der Waals surface area contributed by atoms with Crippen LogP contribution in [0.15, 0.2) is 42.5 Å². The molecule has 5 rings (SSSR count). The summed E-state index contributed by atoms with van der Waals surface area (Å²) < 4.78 is 6.27. The number of rotatable bonds is 8. The number of fused-ring (bicyclic) bond motifs is 1. The van der Waals surface area contributed by atoms with E-state index >= 15 is 0 Å². The fraction of sp³-hybridized carbons (Fsp3) is 0.448. The van der Waals surface area contributed by atoms with Crippen LogP contribution < -0.4 is 10.1 Å². The van der Waals surface area contributed by atoms with Gasteiger partial charge in [-0.1, -0.05) is 31.7 Å². The third-order valence-electron chi connectivity index (χ3n) is 7.62. The molecule has 200 valence electrons. The summed E-state index contributed by atoms with van der Waals surface area (Å²) in [7, 11) is 2.11. The zero-order valence-electron chi connectivity index (χ0n) is 22.1. The maximum absolute atomic E-state index is 13.1. The largest absolute Gasteiger partial charge is 0.457 e. The molecule has 38 heavy (non-hydrogen) atoms. The average molecular weight is 534 g/mol. The highest BCUT2D eigenvalue weighted by atomic mass is 32.2. The van der Waals surface area contributed by atoms with Gasteiger partial charge in [0.25, 0.3) is 5.91 Å². The van der Waals surface area contributed by atoms with Crippen LogP contribution in [0.4, 0.5) is 0 Å². The van der Waals surface area contributed by atoms with Gasteiger partial charge in [-0.2, -0.15) is 0 Å². The molecule has 2 heterocycles. The first-order chi connectivity index (χ1) is 18.2. The van der Waals surface area contributed by atoms with Crippen molar-refractivity contribution in [3.8, 4) is 11.5 Å². The Balaban J connectivity index is 1.32. The van der Waals surface area contributed by atoms with E-state index in [4.69, 9.17) is 15.6 Å². The minimum absolute atomic E-state index is 0.0780. The second kappa shape index (κ2) is 10.9. The number of piperidine rings is 1. The fourth-order valence-corrected chi connectivity index (χ4v) is 5.98. The molecule has 8 nitrogen and oxygen atoms in total. The van der Waals surface area contributed by atoms with Crippen LogP contribution in [0.1, 0.15) is 48.2 Å². The molecule has 0 bridgehead atoms. The normalized spacial score (nSPS) is 22.5. The second-order valence-electron chi connectivity index (χ2n) is 10.9. The molecule has 1 saturated carbocycles. The zero-order valence-corrected chi connectivity index (χ0v) is 22.9. The third kappa shape index (κ3) is 5.78. The summed E-state index contributed by atoms with van der Waals surface area (Å²) in [6, 6.07) is 12.9. The lowest BCUT2D eigenvalue weighted by Crippen LogP contribution is -2.33. The Kier molecular flexibility index (Phi) is 7.59. The Morgan fingerprint density at radius 3 is 2.42 bits per heavy atom. The predicted octanol–water partition coefficient (Wildman–Crippen LogP) is 4.58. The standard InChI is InChI=1S/C29H35N5O3S/c1-17(2)27(30)38-28(31)18-8-10-21(11-9-18)37-24-13-19(6-7-20(24)14-34-12-4-5-25(34)35)29(36)32-26-22-15-33(3)16-23(22)26/h6-11,13,17,22-23,26,30-31H,4-5,12,14-16H2,1-3H3,(H,32,36). The molecule has 0 radical (unpaired) electrons. The number of benzene rings is 2. The SMILES string of the molecule is CC(C)C(=N)SC(=N)c1ccc(Oc2cc(C(=O)NC3C4CN(C)CC43)ccc2CN2CCCC2=O)cc1. The van der Waals surface area contributed by atoms with E-state index in [2.05, 4.69) is 17.3 Å². The van der Waals surface area contributed by atoms with Crippen molar-refractivity contribution >= 4 is 33.7 Å². The number of likely N-dealkylation sites (tertiary alicyclic amines) is 2. The lowest BCUT2D eigenvalue weighted by Gasteiger charge is -2.19. The van der Waals surface area contributed by atoms with E-state index in [9.17, 15) is 9.59 Å². The molecule has 1 aliphatic carbocycles. The number of amides is 2. The highest BCUT2D eigenvalue weighted by Crippen LogP contribution is 2.45. The molecule has 0 spiro atoms. The van der Waals surface area contributed by atoms with Gasteiger partial charge < -0.3 is 19.9 Å². The van der Waals surface area contributed by atoms with Gasteiger partial charge >= 0.3 is 0 Å². The molecule has 2 saturated heterocycles. The smallest absolute Gasteiger partial charge is 0.251 e. The monoisotopic (exact) mass is 533 g/mol. The van der Waals surface area contributed by atoms with Crippen molar-refractivity contribution in [1.82, 2.24) is 15.1 Å². The number of carbonyl (C=O) groups excluding carboxylic acids is 2. The lowest BCUT2D eigenvalue weighted by molar-refractivity contribution is -0.128. The first-order valence-corrected chi connectivity index (χ1v) is 14.0. The Labute approximate surface area is 228 Å². The highest BCUT2D eigenvalue weighted by Gasteiger charge is 2.55. The molecule has 2 atom stereocenters. The van der Waals surface area contributed by atoms with Crippen LogP contribution in [0.2, 0.25) is 0 Å². The van der Waals surface area contributed by atoms with Crippen molar-refractivity contribution < 1.29 is 14.3 Å². The van der Waals surface area contributed by atoms with Crippen LogP contribution in [0, 0.1) is 28.6 Å². The van der Waals surface area contributed by atoms with E-state index in [1.165, 1.54) is 0 Å². The minimum Gasteiger partial charge on any atom is -0.457 e. The van der Waals surface area contributed by atoms with Gasteiger partial charge in [-0.05, 0) is 61.7 Å². The Hall–Kier alpha value is -3.17. The average Bonchev–Trinajstić information content (AvgIpc) is 3.17. The van der Waals surface area contributed by atoms with E-state index < -0.39 is 0 Å². The zero-order chi connectivity index (χ0) is 27.0. The molecule has 3 fully saturated rings. The van der Waals surface area contributed by atoms with Crippen LogP contribution in [0.5, 0.6) is 11.5 Å². The number of hydrogen-bond donors (Lipinski definition) is 3. The topological polar surface area (TPSA) is 110 Å². The number of nitrogens with one attached hydrogen (secondary N) is 3. The van der Waals surface area contributed by atoms with E-state index in [0.717, 1.165) is 43.4 Å². The molecule has 2 aromatic carbocycles. The van der Waals surface area contributed by atoms with Crippen molar-refractivity contribution in [2.45, 2.75) is 39.3 Å². The second-order valence-corrected chi connectivity index (χ2v) is 11.9. The highest BCUT2D eigenvalue weighted by molar-refractivity contribution is 8.26. The number of nitrogens with zero attached hydrogens (tertiary/aromatic N) is 2. The summed E-state index contributed by atoms with van der Waals surface area (Å²) in [6.07, 6.45) is 1.42. The number of hydrogen-bond acceptors (Lipinski definition) is 7. The molecule has 2 amide bonds. The van der Waals surface area contributed by atoms with Crippen LogP contribution in [0.25, 0.3) is 0 Å². The van der Waals surface area contributed by atoms with Crippen molar-refractivity contribution in [2.75, 3.05) is 26.7 Å². The van der Waals surface area contributed by atoms with Crippen molar-refractivity contribution in [2.24, 2.45) is 17.8 Å². The van der Waals surface area contributed by atoms with E-state index in [0.29, 0.717) is 57.5 Å². The van der Waals surface area contributed by atoms with E-state index in [1.807, 2.05) is 30.9 Å². The first-order valence-electron chi connectivity index (χ1n) is 13.2. The Morgan fingerprint density at radius 1 is 1.11 bits per heavy atom. The van der Waals surface area contributed by atoms with Gasteiger partial charge in [0.2, 0.25) is 5.91 Å². The summed E-state index contributed by atoms with van der Waals surface area (Å²) in [5, 5.41) is 20.3. The molecule has 3 aliphatic rings. The van der Waals surface area contributed by atoms with Crippen LogP contribution in [0.3, 0.4) is 0 Å². The van der Waals surface area contributed by atoms with Gasteiger partial charge in [-0.15, -0.1) is 0 Å². The minimum atomic E-state index is -0.103. The summed E-state index contributed by atoms with van der Waals surface area (Å²) in [5.74, 6) is 2.32. The third-order valence-corrected chi connectivity index (χ3v) is 8.75. The number of thioether (sulfide) groups is 1.